The van der Waals surface area contributed by atoms with E-state index in [-0.39, 0.29) is 5.91 Å². The number of rotatable bonds is 2. The third-order valence-corrected chi connectivity index (χ3v) is 4.36. The van der Waals surface area contributed by atoms with Crippen LogP contribution in [0.5, 0.6) is 0 Å². The smallest absolute Gasteiger partial charge is 0.244 e. The fourth-order valence-electron chi connectivity index (χ4n) is 3.19. The number of hydrogen-bond donors (Lipinski definition) is 1. The second kappa shape index (κ2) is 5.17. The molecule has 1 saturated heterocycles. The van der Waals surface area contributed by atoms with E-state index in [0.29, 0.717) is 11.8 Å². The average molecular weight is 256 g/mol. The molecular weight excluding hydrogens is 236 g/mol. The lowest BCUT2D eigenvalue weighted by Crippen LogP contribution is -2.37. The Hall–Kier alpha value is -1.61. The molecule has 100 valence electrons. The highest BCUT2D eigenvalue weighted by atomic mass is 16.2. The number of fused-ring (bicyclic) bond motifs is 1. The summed E-state index contributed by atoms with van der Waals surface area (Å²) in [5.41, 5.74) is 7.00. The molecule has 0 aromatic heterocycles. The molecule has 1 fully saturated rings. The first-order chi connectivity index (χ1) is 9.25. The summed E-state index contributed by atoms with van der Waals surface area (Å²) < 4.78 is 0. The van der Waals surface area contributed by atoms with Crippen LogP contribution in [0.1, 0.15) is 24.4 Å². The first-order valence-electron chi connectivity index (χ1n) is 7.00. The Morgan fingerprint density at radius 1 is 1.11 bits per heavy atom. The molecule has 0 unspecified atom stereocenters. The number of hydrogen-bond acceptors (Lipinski definition) is 2. The molecule has 0 spiro atoms. The largest absolute Gasteiger partial charge is 0.340 e. The van der Waals surface area contributed by atoms with Gasteiger partial charge in [-0.1, -0.05) is 42.5 Å². The summed E-state index contributed by atoms with van der Waals surface area (Å²) in [4.78, 5) is 14.4. The van der Waals surface area contributed by atoms with Crippen molar-refractivity contribution >= 4 is 5.91 Å². The van der Waals surface area contributed by atoms with Crippen LogP contribution in [0, 0.1) is 11.8 Å². The van der Waals surface area contributed by atoms with Crippen LogP contribution < -0.4 is 5.73 Å². The highest BCUT2D eigenvalue weighted by Crippen LogP contribution is 2.33. The SMILES string of the molecule is N[C@@H](C(=O)N1C[C@H]2CC=CC[C@@H]2C1)c1ccccc1. The van der Waals surface area contributed by atoms with Gasteiger partial charge in [-0.25, -0.2) is 0 Å². The predicted molar refractivity (Wildman–Crippen MR) is 75.3 cm³/mol. The molecule has 19 heavy (non-hydrogen) atoms. The zero-order valence-electron chi connectivity index (χ0n) is 11.0. The quantitative estimate of drug-likeness (QED) is 0.824. The van der Waals surface area contributed by atoms with Crippen LogP contribution in [-0.4, -0.2) is 23.9 Å². The third-order valence-electron chi connectivity index (χ3n) is 4.36. The van der Waals surface area contributed by atoms with E-state index in [4.69, 9.17) is 5.73 Å². The van der Waals surface area contributed by atoms with Crippen molar-refractivity contribution in [2.75, 3.05) is 13.1 Å². The molecule has 2 N–H and O–H groups in total. The Kier molecular flexibility index (Phi) is 3.38. The molecular formula is C16H20N2O. The Morgan fingerprint density at radius 2 is 1.68 bits per heavy atom. The maximum atomic E-state index is 12.5. The fourth-order valence-corrected chi connectivity index (χ4v) is 3.19. The molecule has 0 bridgehead atoms. The Balaban J connectivity index is 1.68. The minimum Gasteiger partial charge on any atom is -0.340 e. The second-order valence-corrected chi connectivity index (χ2v) is 5.59. The molecule has 1 aromatic rings. The highest BCUT2D eigenvalue weighted by molar-refractivity contribution is 5.83. The molecule has 1 aliphatic heterocycles. The first-order valence-corrected chi connectivity index (χ1v) is 7.00. The number of benzene rings is 1. The maximum Gasteiger partial charge on any atom is 0.244 e. The molecule has 0 saturated carbocycles. The molecule has 3 atom stereocenters. The summed E-state index contributed by atoms with van der Waals surface area (Å²) in [7, 11) is 0. The average Bonchev–Trinajstić information content (AvgIpc) is 2.90. The molecule has 1 heterocycles. The van der Waals surface area contributed by atoms with Crippen LogP contribution in [0.15, 0.2) is 42.5 Å². The van der Waals surface area contributed by atoms with Crippen molar-refractivity contribution in [2.24, 2.45) is 17.6 Å². The fraction of sp³-hybridized carbons (Fsp3) is 0.438. The first kappa shape index (κ1) is 12.4. The van der Waals surface area contributed by atoms with Crippen LogP contribution in [-0.2, 0) is 4.79 Å². The van der Waals surface area contributed by atoms with Crippen molar-refractivity contribution < 1.29 is 4.79 Å². The van der Waals surface area contributed by atoms with Gasteiger partial charge < -0.3 is 10.6 Å². The normalized spacial score (nSPS) is 27.1. The van der Waals surface area contributed by atoms with Crippen molar-refractivity contribution in [3.8, 4) is 0 Å². The third kappa shape index (κ3) is 2.43. The topological polar surface area (TPSA) is 46.3 Å². The van der Waals surface area contributed by atoms with Crippen molar-refractivity contribution in [3.63, 3.8) is 0 Å². The Labute approximate surface area is 114 Å². The maximum absolute atomic E-state index is 12.5. The van der Waals surface area contributed by atoms with E-state index in [1.165, 1.54) is 0 Å². The molecule has 1 aromatic carbocycles. The van der Waals surface area contributed by atoms with Crippen molar-refractivity contribution in [1.29, 1.82) is 0 Å². The Morgan fingerprint density at radius 3 is 2.26 bits per heavy atom. The van der Waals surface area contributed by atoms with Gasteiger partial charge in [-0.15, -0.1) is 0 Å². The highest BCUT2D eigenvalue weighted by Gasteiger charge is 2.36. The van der Waals surface area contributed by atoms with Crippen molar-refractivity contribution in [1.82, 2.24) is 4.90 Å². The van der Waals surface area contributed by atoms with E-state index in [1.807, 2.05) is 35.2 Å². The monoisotopic (exact) mass is 256 g/mol. The van der Waals surface area contributed by atoms with Gasteiger partial charge in [0.05, 0.1) is 0 Å². The van der Waals surface area contributed by atoms with Crippen LogP contribution in [0.3, 0.4) is 0 Å². The lowest BCUT2D eigenvalue weighted by molar-refractivity contribution is -0.131. The van der Waals surface area contributed by atoms with Gasteiger partial charge in [0.15, 0.2) is 0 Å². The van der Waals surface area contributed by atoms with E-state index < -0.39 is 6.04 Å². The van der Waals surface area contributed by atoms with Gasteiger partial charge >= 0.3 is 0 Å². The summed E-state index contributed by atoms with van der Waals surface area (Å²) in [6.07, 6.45) is 6.70. The van der Waals surface area contributed by atoms with Crippen LogP contribution in [0.4, 0.5) is 0 Å². The molecule has 0 radical (unpaired) electrons. The van der Waals surface area contributed by atoms with Crippen LogP contribution >= 0.6 is 0 Å². The van der Waals surface area contributed by atoms with Crippen molar-refractivity contribution in [3.05, 3.63) is 48.0 Å². The van der Waals surface area contributed by atoms with Gasteiger partial charge in [0.2, 0.25) is 5.91 Å². The lowest BCUT2D eigenvalue weighted by Gasteiger charge is -2.21. The van der Waals surface area contributed by atoms with E-state index in [2.05, 4.69) is 12.2 Å². The van der Waals surface area contributed by atoms with Gasteiger partial charge in [0.25, 0.3) is 0 Å². The predicted octanol–water partition coefficient (Wildman–Crippen LogP) is 2.11. The van der Waals surface area contributed by atoms with Gasteiger partial charge in [0.1, 0.15) is 6.04 Å². The summed E-state index contributed by atoms with van der Waals surface area (Å²) in [6.45, 7) is 1.74. The van der Waals surface area contributed by atoms with E-state index >= 15 is 0 Å². The summed E-state index contributed by atoms with van der Waals surface area (Å²) >= 11 is 0. The van der Waals surface area contributed by atoms with Gasteiger partial charge in [0, 0.05) is 13.1 Å². The Bertz CT molecular complexity index is 467. The number of likely N-dealkylation sites (tertiary alicyclic amines) is 1. The van der Waals surface area contributed by atoms with Gasteiger partial charge in [-0.05, 0) is 30.2 Å². The number of allylic oxidation sites excluding steroid dienone is 2. The minimum atomic E-state index is -0.519. The van der Waals surface area contributed by atoms with Gasteiger partial charge in [-0.2, -0.15) is 0 Å². The van der Waals surface area contributed by atoms with Crippen LogP contribution in [0.25, 0.3) is 0 Å². The lowest BCUT2D eigenvalue weighted by atomic mass is 9.86. The standard InChI is InChI=1S/C16H20N2O/c17-15(12-6-2-1-3-7-12)16(19)18-10-13-8-4-5-9-14(13)11-18/h1-7,13-15H,8-11,17H2/t13-,14-,15-/m1/s1. The van der Waals surface area contributed by atoms with E-state index in [1.54, 1.807) is 0 Å². The van der Waals surface area contributed by atoms with E-state index in [9.17, 15) is 4.79 Å². The molecule has 3 rings (SSSR count). The molecule has 3 heteroatoms. The summed E-state index contributed by atoms with van der Waals surface area (Å²) in [5, 5.41) is 0. The number of nitrogens with zero attached hydrogens (tertiary/aromatic N) is 1. The van der Waals surface area contributed by atoms with Crippen LogP contribution in [0.2, 0.25) is 0 Å². The second-order valence-electron chi connectivity index (χ2n) is 5.59. The molecule has 1 amide bonds. The van der Waals surface area contributed by atoms with E-state index in [0.717, 1.165) is 31.5 Å². The number of carbonyl (C=O) groups is 1. The number of carbonyl (C=O) groups excluding carboxylic acids is 1. The number of amides is 1. The molecule has 3 nitrogen and oxygen atoms in total. The number of nitrogens with two attached hydrogens (primary N) is 1. The molecule has 2 aliphatic rings. The minimum absolute atomic E-state index is 0.0700. The summed E-state index contributed by atoms with van der Waals surface area (Å²) in [5.74, 6) is 1.34. The van der Waals surface area contributed by atoms with Gasteiger partial charge in [-0.3, -0.25) is 4.79 Å². The van der Waals surface area contributed by atoms with Crippen molar-refractivity contribution in [2.45, 2.75) is 18.9 Å². The summed E-state index contributed by atoms with van der Waals surface area (Å²) in [6, 6.07) is 9.12. The molecule has 1 aliphatic carbocycles. The zero-order chi connectivity index (χ0) is 13.2. The zero-order valence-corrected chi connectivity index (χ0v) is 11.0.